The van der Waals surface area contributed by atoms with Gasteiger partial charge in [0.15, 0.2) is 5.82 Å². The molecule has 0 aliphatic carbocycles. The molecule has 7 nitrogen and oxygen atoms in total. The van der Waals surface area contributed by atoms with E-state index in [1.54, 1.807) is 12.1 Å². The first-order valence-corrected chi connectivity index (χ1v) is 7.36. The number of aryl methyl sites for hydroxylation is 1. The highest BCUT2D eigenvalue weighted by atomic mass is 16.6. The van der Waals surface area contributed by atoms with Gasteiger partial charge in [0.1, 0.15) is 17.4 Å². The molecule has 0 radical (unpaired) electrons. The highest BCUT2D eigenvalue weighted by molar-refractivity contribution is 6.08. The van der Waals surface area contributed by atoms with Crippen molar-refractivity contribution in [2.45, 2.75) is 6.92 Å². The van der Waals surface area contributed by atoms with Crippen LogP contribution in [-0.2, 0) is 0 Å². The molecule has 2 N–H and O–H groups in total. The van der Waals surface area contributed by atoms with Crippen molar-refractivity contribution >= 4 is 39.1 Å². The standard InChI is InChI=1S/C17H13N5O2/c1-10-5-6-14-13(7-10)15-16(21-14)17(19-9-18-15)20-11-3-2-4-12(8-11)22(23)24/h2-9,21H,1H3,(H,18,19,20). The minimum atomic E-state index is -0.424. The Morgan fingerprint density at radius 3 is 2.88 bits per heavy atom. The number of fused-ring (bicyclic) bond motifs is 3. The van der Waals surface area contributed by atoms with Crippen molar-refractivity contribution in [2.24, 2.45) is 0 Å². The lowest BCUT2D eigenvalue weighted by Crippen LogP contribution is -1.96. The summed E-state index contributed by atoms with van der Waals surface area (Å²) in [5.41, 5.74) is 4.33. The normalized spacial score (nSPS) is 11.0. The summed E-state index contributed by atoms with van der Waals surface area (Å²) in [6.45, 7) is 2.03. The fraction of sp³-hybridized carbons (Fsp3) is 0.0588. The third-order valence-electron chi connectivity index (χ3n) is 3.86. The second kappa shape index (κ2) is 5.31. The molecule has 7 heteroatoms. The van der Waals surface area contributed by atoms with Crippen LogP contribution >= 0.6 is 0 Å². The number of anilines is 2. The third kappa shape index (κ3) is 2.32. The molecule has 2 aromatic carbocycles. The molecule has 118 valence electrons. The number of nitro groups is 1. The maximum absolute atomic E-state index is 10.9. The number of rotatable bonds is 3. The zero-order valence-electron chi connectivity index (χ0n) is 12.8. The number of hydrogen-bond acceptors (Lipinski definition) is 5. The summed E-state index contributed by atoms with van der Waals surface area (Å²) < 4.78 is 0. The van der Waals surface area contributed by atoms with Crippen molar-refractivity contribution in [2.75, 3.05) is 5.32 Å². The quantitative estimate of drug-likeness (QED) is 0.438. The van der Waals surface area contributed by atoms with Gasteiger partial charge in [-0.05, 0) is 25.1 Å². The van der Waals surface area contributed by atoms with Crippen LogP contribution in [-0.4, -0.2) is 19.9 Å². The predicted octanol–water partition coefficient (Wildman–Crippen LogP) is 4.07. The van der Waals surface area contributed by atoms with Crippen molar-refractivity contribution in [1.29, 1.82) is 0 Å². The van der Waals surface area contributed by atoms with E-state index in [-0.39, 0.29) is 5.69 Å². The van der Waals surface area contributed by atoms with E-state index >= 15 is 0 Å². The van der Waals surface area contributed by atoms with Crippen molar-refractivity contribution in [3.05, 3.63) is 64.5 Å². The van der Waals surface area contributed by atoms with E-state index < -0.39 is 4.92 Å². The number of aromatic amines is 1. The molecule has 2 heterocycles. The SMILES string of the molecule is Cc1ccc2[nH]c3c(Nc4cccc([N+](=O)[O-])c4)ncnc3c2c1. The van der Waals surface area contributed by atoms with Gasteiger partial charge in [-0.1, -0.05) is 17.7 Å². The Labute approximate surface area is 136 Å². The summed E-state index contributed by atoms with van der Waals surface area (Å²) in [5, 5.41) is 15.1. The minimum absolute atomic E-state index is 0.0255. The molecule has 4 rings (SSSR count). The average molecular weight is 319 g/mol. The van der Waals surface area contributed by atoms with Gasteiger partial charge in [-0.25, -0.2) is 9.97 Å². The molecule has 2 aromatic heterocycles. The van der Waals surface area contributed by atoms with E-state index in [1.807, 2.05) is 19.1 Å². The van der Waals surface area contributed by atoms with E-state index in [9.17, 15) is 10.1 Å². The van der Waals surface area contributed by atoms with E-state index in [0.29, 0.717) is 11.5 Å². The molecule has 0 atom stereocenters. The topological polar surface area (TPSA) is 96.7 Å². The van der Waals surface area contributed by atoms with Gasteiger partial charge in [0, 0.05) is 28.7 Å². The molecule has 0 unspecified atom stereocenters. The fourth-order valence-corrected chi connectivity index (χ4v) is 2.73. The maximum atomic E-state index is 10.9. The van der Waals surface area contributed by atoms with Crippen LogP contribution in [0.15, 0.2) is 48.8 Å². The number of nitrogens with one attached hydrogen (secondary N) is 2. The molecular weight excluding hydrogens is 306 g/mol. The molecule has 0 saturated heterocycles. The van der Waals surface area contributed by atoms with Gasteiger partial charge in [-0.3, -0.25) is 10.1 Å². The van der Waals surface area contributed by atoms with E-state index in [2.05, 4.69) is 26.3 Å². The lowest BCUT2D eigenvalue weighted by Gasteiger charge is -2.06. The second-order valence-electron chi connectivity index (χ2n) is 5.55. The molecule has 0 aliphatic rings. The van der Waals surface area contributed by atoms with Crippen molar-refractivity contribution in [3.63, 3.8) is 0 Å². The summed E-state index contributed by atoms with van der Waals surface area (Å²) in [7, 11) is 0. The molecule has 0 bridgehead atoms. The summed E-state index contributed by atoms with van der Waals surface area (Å²) in [5.74, 6) is 0.578. The van der Waals surface area contributed by atoms with Gasteiger partial charge in [0.2, 0.25) is 0 Å². The van der Waals surface area contributed by atoms with Crippen molar-refractivity contribution in [1.82, 2.24) is 15.0 Å². The zero-order valence-corrected chi connectivity index (χ0v) is 12.8. The minimum Gasteiger partial charge on any atom is -0.350 e. The molecule has 0 saturated carbocycles. The van der Waals surface area contributed by atoms with E-state index in [0.717, 1.165) is 27.5 Å². The monoisotopic (exact) mass is 319 g/mol. The number of non-ortho nitro benzene ring substituents is 1. The number of H-pyrrole nitrogens is 1. The van der Waals surface area contributed by atoms with Crippen molar-refractivity contribution in [3.8, 4) is 0 Å². The smallest absolute Gasteiger partial charge is 0.271 e. The highest BCUT2D eigenvalue weighted by Crippen LogP contribution is 2.30. The van der Waals surface area contributed by atoms with E-state index in [4.69, 9.17) is 0 Å². The second-order valence-corrected chi connectivity index (χ2v) is 5.55. The third-order valence-corrected chi connectivity index (χ3v) is 3.86. The molecule has 0 aliphatic heterocycles. The zero-order chi connectivity index (χ0) is 16.7. The van der Waals surface area contributed by atoms with Crippen LogP contribution in [0.25, 0.3) is 21.9 Å². The van der Waals surface area contributed by atoms with Crippen LogP contribution in [0.3, 0.4) is 0 Å². The number of nitrogens with zero attached hydrogens (tertiary/aromatic N) is 3. The summed E-state index contributed by atoms with van der Waals surface area (Å²) in [4.78, 5) is 22.4. The number of nitro benzene ring substituents is 1. The Morgan fingerprint density at radius 1 is 1.17 bits per heavy atom. The number of benzene rings is 2. The summed E-state index contributed by atoms with van der Waals surface area (Å²) >= 11 is 0. The van der Waals surface area contributed by atoms with Gasteiger partial charge in [0.05, 0.1) is 4.92 Å². The van der Waals surface area contributed by atoms with Crippen molar-refractivity contribution < 1.29 is 4.92 Å². The first-order chi connectivity index (χ1) is 11.6. The summed E-state index contributed by atoms with van der Waals surface area (Å²) in [6.07, 6.45) is 1.48. The van der Waals surface area contributed by atoms with Crippen LogP contribution in [0.4, 0.5) is 17.2 Å². The van der Waals surface area contributed by atoms with Crippen LogP contribution in [0.1, 0.15) is 5.56 Å². The van der Waals surface area contributed by atoms with Crippen LogP contribution in [0, 0.1) is 17.0 Å². The molecule has 0 spiro atoms. The van der Waals surface area contributed by atoms with Gasteiger partial charge < -0.3 is 10.3 Å². The number of hydrogen-bond donors (Lipinski definition) is 2. The Hall–Kier alpha value is -3.48. The van der Waals surface area contributed by atoms with Gasteiger partial charge in [-0.2, -0.15) is 0 Å². The molecule has 0 fully saturated rings. The van der Waals surface area contributed by atoms with Crippen LogP contribution in [0.5, 0.6) is 0 Å². The van der Waals surface area contributed by atoms with Gasteiger partial charge >= 0.3 is 0 Å². The predicted molar refractivity (Wildman–Crippen MR) is 92.5 cm³/mol. The molecule has 0 amide bonds. The Bertz CT molecular complexity index is 1090. The summed E-state index contributed by atoms with van der Waals surface area (Å²) in [6, 6.07) is 12.4. The van der Waals surface area contributed by atoms with Crippen LogP contribution in [0.2, 0.25) is 0 Å². The van der Waals surface area contributed by atoms with E-state index in [1.165, 1.54) is 18.5 Å². The van der Waals surface area contributed by atoms with Gasteiger partial charge in [-0.15, -0.1) is 0 Å². The molecule has 4 aromatic rings. The Morgan fingerprint density at radius 2 is 2.04 bits per heavy atom. The first-order valence-electron chi connectivity index (χ1n) is 7.36. The molecule has 24 heavy (non-hydrogen) atoms. The average Bonchev–Trinajstić information content (AvgIpc) is 2.94. The van der Waals surface area contributed by atoms with Crippen LogP contribution < -0.4 is 5.32 Å². The lowest BCUT2D eigenvalue weighted by atomic mass is 10.1. The van der Waals surface area contributed by atoms with Gasteiger partial charge in [0.25, 0.3) is 5.69 Å². The maximum Gasteiger partial charge on any atom is 0.271 e. The Kier molecular flexibility index (Phi) is 3.13. The Balaban J connectivity index is 1.84. The first kappa shape index (κ1) is 14.1. The fourth-order valence-electron chi connectivity index (χ4n) is 2.73. The lowest BCUT2D eigenvalue weighted by molar-refractivity contribution is -0.384. The highest BCUT2D eigenvalue weighted by Gasteiger charge is 2.12. The largest absolute Gasteiger partial charge is 0.350 e. The number of aromatic nitrogens is 3. The molecular formula is C17H13N5O2.